The van der Waals surface area contributed by atoms with E-state index in [0.717, 1.165) is 46.4 Å². The van der Waals surface area contributed by atoms with Crippen LogP contribution in [0, 0.1) is 0 Å². The van der Waals surface area contributed by atoms with E-state index in [-0.39, 0.29) is 0 Å². The lowest BCUT2D eigenvalue weighted by Gasteiger charge is -2.09. The van der Waals surface area contributed by atoms with Crippen molar-refractivity contribution in [2.24, 2.45) is 8.73 Å². The minimum absolute atomic E-state index is 0.940. The number of halogens is 2. The summed E-state index contributed by atoms with van der Waals surface area (Å²) in [5.74, 6) is 0. The summed E-state index contributed by atoms with van der Waals surface area (Å²) in [5, 5.41) is 0. The van der Waals surface area contributed by atoms with Gasteiger partial charge in [-0.1, -0.05) is 52.4 Å². The van der Waals surface area contributed by atoms with Gasteiger partial charge in [0.15, 0.2) is 0 Å². The average Bonchev–Trinajstić information content (AvgIpc) is 3.66. The lowest BCUT2D eigenvalue weighted by Crippen LogP contribution is -1.86. The monoisotopic (exact) mass is 682 g/mol. The van der Waals surface area contributed by atoms with E-state index in [0.29, 0.717) is 0 Å². The third kappa shape index (κ3) is 5.50. The Kier molecular flexibility index (Phi) is 9.22. The largest absolute Gasteiger partial charge is 0.172 e. The molecule has 3 aromatic heterocycles. The molecule has 0 unspecified atom stereocenters. The number of thiophene rings is 2. The van der Waals surface area contributed by atoms with Crippen molar-refractivity contribution in [3.63, 3.8) is 0 Å². The van der Waals surface area contributed by atoms with Crippen LogP contribution >= 0.6 is 66.3 Å². The zero-order chi connectivity index (χ0) is 25.1. The summed E-state index contributed by atoms with van der Waals surface area (Å²) in [4.78, 5) is 2.39. The maximum Gasteiger partial charge on any atom is 0.116 e. The Hall–Kier alpha value is -0.780. The Bertz CT molecular complexity index is 1340. The first kappa shape index (κ1) is 26.8. The van der Waals surface area contributed by atoms with Crippen LogP contribution in [0.1, 0.15) is 76.3 Å². The molecule has 36 heavy (non-hydrogen) atoms. The van der Waals surface area contributed by atoms with Crippen molar-refractivity contribution < 1.29 is 0 Å². The zero-order valence-electron chi connectivity index (χ0n) is 20.4. The van der Waals surface area contributed by atoms with Crippen LogP contribution in [0.15, 0.2) is 28.4 Å². The highest BCUT2D eigenvalue weighted by Gasteiger charge is 2.28. The summed E-state index contributed by atoms with van der Waals surface area (Å²) >= 11 is 13.8. The maximum absolute atomic E-state index is 4.79. The van der Waals surface area contributed by atoms with Crippen LogP contribution in [0.25, 0.3) is 31.9 Å². The Morgan fingerprint density at radius 3 is 1.58 bits per heavy atom. The van der Waals surface area contributed by atoms with Gasteiger partial charge in [-0.3, -0.25) is 0 Å². The van der Waals surface area contributed by atoms with Gasteiger partial charge in [-0.05, 0) is 80.8 Å². The van der Waals surface area contributed by atoms with E-state index in [4.69, 9.17) is 17.5 Å². The van der Waals surface area contributed by atoms with E-state index in [1.54, 1.807) is 22.7 Å². The number of rotatable bonds is 12. The number of aromatic nitrogens is 2. The first-order valence-electron chi connectivity index (χ1n) is 12.6. The van der Waals surface area contributed by atoms with Crippen molar-refractivity contribution in [2.75, 3.05) is 0 Å². The Morgan fingerprint density at radius 2 is 1.14 bits per heavy atom. The molecule has 0 radical (unpaired) electrons. The molecule has 4 aromatic rings. The minimum atomic E-state index is 0.940. The van der Waals surface area contributed by atoms with E-state index >= 15 is 0 Å². The van der Waals surface area contributed by atoms with Crippen molar-refractivity contribution in [1.82, 2.24) is 8.75 Å². The summed E-state index contributed by atoms with van der Waals surface area (Å²) < 4.78 is 21.6. The van der Waals surface area contributed by atoms with Crippen LogP contribution in [0.2, 0.25) is 0 Å². The fraction of sp³-hybridized carbons (Fsp3) is 0.462. The molecule has 0 fully saturated rings. The molecule has 10 heteroatoms. The highest BCUT2D eigenvalue weighted by atomic mass is 79.9. The Balaban J connectivity index is 1.54. The second-order valence-electron chi connectivity index (χ2n) is 9.11. The number of unbranched alkanes of at least 4 members (excludes halogenated alkanes) is 6. The smallest absolute Gasteiger partial charge is 0.116 e. The normalized spacial score (nSPS) is 12.6. The van der Waals surface area contributed by atoms with Crippen molar-refractivity contribution >= 4 is 100 Å². The lowest BCUT2D eigenvalue weighted by atomic mass is 9.99. The van der Waals surface area contributed by atoms with Crippen LogP contribution in [-0.4, -0.2) is 8.75 Å². The summed E-state index contributed by atoms with van der Waals surface area (Å²) in [7, 11) is 0. The Morgan fingerprint density at radius 1 is 0.667 bits per heavy atom. The SMILES string of the molecule is CCCCCCc1cc(-c2c3c(c(-c4cc(CCCCCC)c(Br)s4)c4nsnc24)N=S=N3)sc1Br. The van der Waals surface area contributed by atoms with E-state index in [1.165, 1.54) is 103 Å². The highest BCUT2D eigenvalue weighted by molar-refractivity contribution is 9.11. The van der Waals surface area contributed by atoms with E-state index in [2.05, 4.69) is 57.8 Å². The van der Waals surface area contributed by atoms with E-state index in [1.807, 2.05) is 0 Å². The summed E-state index contributed by atoms with van der Waals surface area (Å²) in [5.41, 5.74) is 8.66. The number of fused-ring (bicyclic) bond motifs is 2. The molecular weight excluding hydrogens is 656 g/mol. The molecule has 0 spiro atoms. The van der Waals surface area contributed by atoms with Gasteiger partial charge in [-0.15, -0.1) is 22.7 Å². The van der Waals surface area contributed by atoms with Crippen molar-refractivity contribution in [3.05, 3.63) is 30.8 Å². The molecule has 5 rings (SSSR count). The first-order chi connectivity index (χ1) is 17.6. The Labute approximate surface area is 245 Å². The number of benzene rings is 1. The van der Waals surface area contributed by atoms with E-state index in [9.17, 15) is 0 Å². The van der Waals surface area contributed by atoms with Gasteiger partial charge >= 0.3 is 0 Å². The maximum atomic E-state index is 4.79. The molecule has 0 saturated carbocycles. The first-order valence-corrected chi connectivity index (χ1v) is 17.3. The molecular formula is C26H28Br2N4S4. The third-order valence-corrected chi connectivity index (χ3v) is 11.5. The van der Waals surface area contributed by atoms with Gasteiger partial charge in [0.25, 0.3) is 0 Å². The number of aryl methyl sites for hydroxylation is 2. The van der Waals surface area contributed by atoms with Crippen LogP contribution < -0.4 is 0 Å². The predicted octanol–water partition coefficient (Wildman–Crippen LogP) is 11.6. The molecule has 1 aliphatic heterocycles. The third-order valence-electron chi connectivity index (χ3n) is 6.53. The summed E-state index contributed by atoms with van der Waals surface area (Å²) in [6, 6.07) is 4.65. The standard InChI is InChI=1S/C26H28Br2N4S4/c1-3-5-7-9-11-15-13-17(33-25(15)27)19-21-23(31-35-29-21)20(24-22(19)30-36-32-24)18-14-16(26(28)34-18)12-10-8-6-4-2/h13-14H,3-12H2,1-2H3. The number of hydrogen-bond acceptors (Lipinski definition) is 7. The molecule has 0 bridgehead atoms. The quantitative estimate of drug-likeness (QED) is 0.123. The van der Waals surface area contributed by atoms with Gasteiger partial charge in [-0.25, -0.2) is 0 Å². The molecule has 190 valence electrons. The van der Waals surface area contributed by atoms with Gasteiger partial charge in [0.2, 0.25) is 0 Å². The second-order valence-corrected chi connectivity index (χ2v) is 14.9. The van der Waals surface area contributed by atoms with Gasteiger partial charge < -0.3 is 0 Å². The molecule has 1 aliphatic rings. The molecule has 0 amide bonds. The molecule has 0 N–H and O–H groups in total. The topological polar surface area (TPSA) is 50.5 Å². The summed E-state index contributed by atoms with van der Waals surface area (Å²) in [6.07, 6.45) is 12.3. The van der Waals surface area contributed by atoms with Gasteiger partial charge in [0.05, 0.1) is 30.7 Å². The predicted molar refractivity (Wildman–Crippen MR) is 167 cm³/mol. The highest BCUT2D eigenvalue weighted by Crippen LogP contribution is 2.55. The zero-order valence-corrected chi connectivity index (χ0v) is 26.8. The molecule has 0 saturated heterocycles. The van der Waals surface area contributed by atoms with Crippen molar-refractivity contribution in [1.29, 1.82) is 0 Å². The van der Waals surface area contributed by atoms with Gasteiger partial charge in [0, 0.05) is 20.9 Å². The van der Waals surface area contributed by atoms with Crippen LogP contribution in [0.4, 0.5) is 11.4 Å². The summed E-state index contributed by atoms with van der Waals surface area (Å²) in [6.45, 7) is 4.51. The number of nitrogens with zero attached hydrogens (tertiary/aromatic N) is 4. The molecule has 1 aromatic carbocycles. The molecule has 0 aliphatic carbocycles. The van der Waals surface area contributed by atoms with Gasteiger partial charge in [-0.2, -0.15) is 17.5 Å². The molecule has 0 atom stereocenters. The van der Waals surface area contributed by atoms with Crippen molar-refractivity contribution in [2.45, 2.75) is 78.1 Å². The van der Waals surface area contributed by atoms with Crippen molar-refractivity contribution in [3.8, 4) is 20.9 Å². The second kappa shape index (κ2) is 12.4. The average molecular weight is 685 g/mol. The number of hydrogen-bond donors (Lipinski definition) is 0. The van der Waals surface area contributed by atoms with E-state index < -0.39 is 0 Å². The van der Waals surface area contributed by atoms with Crippen LogP contribution in [-0.2, 0) is 24.2 Å². The van der Waals surface area contributed by atoms with Crippen LogP contribution in [0.5, 0.6) is 0 Å². The molecule has 4 nitrogen and oxygen atoms in total. The molecule has 4 heterocycles. The fourth-order valence-corrected chi connectivity index (χ4v) is 9.36. The fourth-order valence-electron chi connectivity index (χ4n) is 4.61. The minimum Gasteiger partial charge on any atom is -0.172 e. The van der Waals surface area contributed by atoms with Crippen LogP contribution in [0.3, 0.4) is 0 Å². The van der Waals surface area contributed by atoms with Gasteiger partial charge in [0.1, 0.15) is 22.4 Å². The lowest BCUT2D eigenvalue weighted by molar-refractivity contribution is 0.667.